The van der Waals surface area contributed by atoms with Crippen molar-refractivity contribution in [3.05, 3.63) is 23.8 Å². The lowest BCUT2D eigenvalue weighted by Crippen LogP contribution is -2.08. The smallest absolute Gasteiger partial charge is 0.305 e. The molecule has 1 atom stereocenters. The number of carbonyl (C=O) groups is 1. The molecule has 0 bridgehead atoms. The Hall–Kier alpha value is -1.71. The number of ether oxygens (including phenoxy) is 2. The molecule has 98 valence electrons. The van der Waals surface area contributed by atoms with Gasteiger partial charge < -0.3 is 14.8 Å². The molecule has 0 saturated carbocycles. The summed E-state index contributed by atoms with van der Waals surface area (Å²) < 4.78 is 10.2. The van der Waals surface area contributed by atoms with Crippen molar-refractivity contribution >= 4 is 11.7 Å². The maximum absolute atomic E-state index is 11.4. The van der Waals surface area contributed by atoms with Crippen LogP contribution in [0.2, 0.25) is 0 Å². The SMILES string of the molecule is CCOC(=O)CCC1CNc2ccc(OC)cc21. The van der Waals surface area contributed by atoms with Crippen LogP contribution < -0.4 is 10.1 Å². The first kappa shape index (κ1) is 12.7. The summed E-state index contributed by atoms with van der Waals surface area (Å²) in [6, 6.07) is 6.02. The molecule has 0 radical (unpaired) electrons. The zero-order valence-electron chi connectivity index (χ0n) is 10.9. The highest BCUT2D eigenvalue weighted by atomic mass is 16.5. The summed E-state index contributed by atoms with van der Waals surface area (Å²) in [4.78, 5) is 11.4. The molecule has 4 nitrogen and oxygen atoms in total. The molecule has 0 fully saturated rings. The number of benzene rings is 1. The second-order valence-electron chi connectivity index (χ2n) is 4.37. The van der Waals surface area contributed by atoms with Crippen LogP contribution in [-0.4, -0.2) is 26.2 Å². The molecular formula is C14H19NO3. The summed E-state index contributed by atoms with van der Waals surface area (Å²) in [5.74, 6) is 1.10. The topological polar surface area (TPSA) is 47.6 Å². The van der Waals surface area contributed by atoms with Gasteiger partial charge in [0.2, 0.25) is 0 Å². The van der Waals surface area contributed by atoms with E-state index >= 15 is 0 Å². The van der Waals surface area contributed by atoms with Gasteiger partial charge in [-0.2, -0.15) is 0 Å². The number of nitrogens with one attached hydrogen (secondary N) is 1. The largest absolute Gasteiger partial charge is 0.497 e. The second kappa shape index (κ2) is 5.76. The minimum Gasteiger partial charge on any atom is -0.497 e. The molecule has 1 aliphatic heterocycles. The molecule has 0 aromatic heterocycles. The van der Waals surface area contributed by atoms with Crippen LogP contribution in [0.5, 0.6) is 5.75 Å². The molecule has 1 aromatic rings. The molecule has 0 aliphatic carbocycles. The predicted molar refractivity (Wildman–Crippen MR) is 70.1 cm³/mol. The van der Waals surface area contributed by atoms with Gasteiger partial charge in [-0.05, 0) is 37.1 Å². The molecule has 4 heteroatoms. The van der Waals surface area contributed by atoms with Gasteiger partial charge in [-0.15, -0.1) is 0 Å². The van der Waals surface area contributed by atoms with Crippen molar-refractivity contribution in [1.82, 2.24) is 0 Å². The third-order valence-electron chi connectivity index (χ3n) is 3.24. The van der Waals surface area contributed by atoms with Crippen LogP contribution in [0, 0.1) is 0 Å². The van der Waals surface area contributed by atoms with Gasteiger partial charge in [0.1, 0.15) is 5.75 Å². The molecule has 0 saturated heterocycles. The van der Waals surface area contributed by atoms with Gasteiger partial charge >= 0.3 is 5.97 Å². The van der Waals surface area contributed by atoms with E-state index in [1.54, 1.807) is 7.11 Å². The first-order valence-electron chi connectivity index (χ1n) is 6.32. The summed E-state index contributed by atoms with van der Waals surface area (Å²) in [5, 5.41) is 3.35. The van der Waals surface area contributed by atoms with Crippen LogP contribution in [0.3, 0.4) is 0 Å². The van der Waals surface area contributed by atoms with E-state index in [0.717, 1.165) is 24.4 Å². The first-order chi connectivity index (χ1) is 8.74. The Bertz CT molecular complexity index is 431. The number of hydrogen-bond acceptors (Lipinski definition) is 4. The highest BCUT2D eigenvalue weighted by molar-refractivity contribution is 5.69. The molecular weight excluding hydrogens is 230 g/mol. The van der Waals surface area contributed by atoms with E-state index < -0.39 is 0 Å². The summed E-state index contributed by atoms with van der Waals surface area (Å²) >= 11 is 0. The Morgan fingerprint density at radius 1 is 1.50 bits per heavy atom. The summed E-state index contributed by atoms with van der Waals surface area (Å²) in [6.45, 7) is 3.16. The molecule has 1 unspecified atom stereocenters. The van der Waals surface area contributed by atoms with Gasteiger partial charge in [0.15, 0.2) is 0 Å². The molecule has 1 heterocycles. The van der Waals surface area contributed by atoms with Gasteiger partial charge in [-0.1, -0.05) is 0 Å². The Kier molecular flexibility index (Phi) is 4.07. The molecule has 1 N–H and O–H groups in total. The molecule has 2 rings (SSSR count). The van der Waals surface area contributed by atoms with E-state index in [1.165, 1.54) is 5.56 Å². The minimum atomic E-state index is -0.117. The molecule has 0 amide bonds. The predicted octanol–water partition coefficient (Wildman–Crippen LogP) is 2.55. The number of anilines is 1. The van der Waals surface area contributed by atoms with Crippen LogP contribution in [0.1, 0.15) is 31.2 Å². The van der Waals surface area contributed by atoms with E-state index in [9.17, 15) is 4.79 Å². The van der Waals surface area contributed by atoms with Crippen molar-refractivity contribution in [2.24, 2.45) is 0 Å². The van der Waals surface area contributed by atoms with Gasteiger partial charge in [0.25, 0.3) is 0 Å². The highest BCUT2D eigenvalue weighted by Crippen LogP contribution is 2.36. The lowest BCUT2D eigenvalue weighted by atomic mass is 9.96. The lowest BCUT2D eigenvalue weighted by molar-refractivity contribution is -0.143. The van der Waals surface area contributed by atoms with Gasteiger partial charge in [-0.3, -0.25) is 4.79 Å². The van der Waals surface area contributed by atoms with Crippen LogP contribution in [0.4, 0.5) is 5.69 Å². The second-order valence-corrected chi connectivity index (χ2v) is 4.37. The zero-order chi connectivity index (χ0) is 13.0. The molecule has 0 spiro atoms. The van der Waals surface area contributed by atoms with Crippen molar-refractivity contribution in [3.63, 3.8) is 0 Å². The van der Waals surface area contributed by atoms with E-state index in [2.05, 4.69) is 5.32 Å². The van der Waals surface area contributed by atoms with Crippen molar-refractivity contribution in [3.8, 4) is 5.75 Å². The fraction of sp³-hybridized carbons (Fsp3) is 0.500. The number of hydrogen-bond donors (Lipinski definition) is 1. The van der Waals surface area contributed by atoms with Crippen LogP contribution >= 0.6 is 0 Å². The number of fused-ring (bicyclic) bond motifs is 1. The highest BCUT2D eigenvalue weighted by Gasteiger charge is 2.23. The van der Waals surface area contributed by atoms with Crippen LogP contribution in [-0.2, 0) is 9.53 Å². The molecule has 18 heavy (non-hydrogen) atoms. The van der Waals surface area contributed by atoms with Gasteiger partial charge in [0.05, 0.1) is 13.7 Å². The average Bonchev–Trinajstić information content (AvgIpc) is 2.79. The summed E-state index contributed by atoms with van der Waals surface area (Å²) in [5.41, 5.74) is 2.38. The zero-order valence-corrected chi connectivity index (χ0v) is 10.9. The number of rotatable bonds is 5. The maximum atomic E-state index is 11.4. The number of methoxy groups -OCH3 is 1. The Morgan fingerprint density at radius 3 is 3.06 bits per heavy atom. The quantitative estimate of drug-likeness (QED) is 0.815. The average molecular weight is 249 g/mol. The van der Waals surface area contributed by atoms with Gasteiger partial charge in [-0.25, -0.2) is 0 Å². The summed E-state index contributed by atoms with van der Waals surface area (Å²) in [7, 11) is 1.66. The summed E-state index contributed by atoms with van der Waals surface area (Å²) in [6.07, 6.45) is 1.28. The fourth-order valence-electron chi connectivity index (χ4n) is 2.29. The standard InChI is InChI=1S/C14H19NO3/c1-3-18-14(16)7-4-10-9-15-13-6-5-11(17-2)8-12(10)13/h5-6,8,10,15H,3-4,7,9H2,1-2H3. The Labute approximate surface area is 107 Å². The number of carbonyl (C=O) groups excluding carboxylic acids is 1. The normalized spacial score (nSPS) is 16.9. The number of esters is 1. The van der Waals surface area contributed by atoms with Crippen molar-refractivity contribution in [2.45, 2.75) is 25.7 Å². The Morgan fingerprint density at radius 2 is 2.33 bits per heavy atom. The molecule has 1 aliphatic rings. The molecule has 1 aromatic carbocycles. The van der Waals surface area contributed by atoms with E-state index in [4.69, 9.17) is 9.47 Å². The van der Waals surface area contributed by atoms with E-state index in [1.807, 2.05) is 25.1 Å². The third kappa shape index (κ3) is 2.75. The van der Waals surface area contributed by atoms with Crippen molar-refractivity contribution in [2.75, 3.05) is 25.6 Å². The van der Waals surface area contributed by atoms with Crippen molar-refractivity contribution in [1.29, 1.82) is 0 Å². The van der Waals surface area contributed by atoms with E-state index in [-0.39, 0.29) is 5.97 Å². The lowest BCUT2D eigenvalue weighted by Gasteiger charge is -2.10. The van der Waals surface area contributed by atoms with E-state index in [0.29, 0.717) is 18.9 Å². The monoisotopic (exact) mass is 249 g/mol. The maximum Gasteiger partial charge on any atom is 0.305 e. The van der Waals surface area contributed by atoms with Crippen molar-refractivity contribution < 1.29 is 14.3 Å². The minimum absolute atomic E-state index is 0.117. The first-order valence-corrected chi connectivity index (χ1v) is 6.32. The van der Waals surface area contributed by atoms with Crippen LogP contribution in [0.25, 0.3) is 0 Å². The van der Waals surface area contributed by atoms with Crippen LogP contribution in [0.15, 0.2) is 18.2 Å². The fourth-order valence-corrected chi connectivity index (χ4v) is 2.29. The van der Waals surface area contributed by atoms with Gasteiger partial charge in [0, 0.05) is 24.6 Å². The third-order valence-corrected chi connectivity index (χ3v) is 3.24. The Balaban J connectivity index is 2.00.